The Hall–Kier alpha value is -3.94. The van der Waals surface area contributed by atoms with Gasteiger partial charge in [-0.2, -0.15) is 0 Å². The minimum Gasteiger partial charge on any atom is -0.336 e. The number of carbonyl (C=O) groups is 1. The summed E-state index contributed by atoms with van der Waals surface area (Å²) < 4.78 is 1.32. The van der Waals surface area contributed by atoms with Crippen LogP contribution in [-0.2, 0) is 18.3 Å². The predicted molar refractivity (Wildman–Crippen MR) is 115 cm³/mol. The van der Waals surface area contributed by atoms with Gasteiger partial charge in [-0.05, 0) is 29.7 Å². The van der Waals surface area contributed by atoms with Crippen LogP contribution in [-0.4, -0.2) is 25.4 Å². The minimum atomic E-state index is -0.509. The second-order valence-corrected chi connectivity index (χ2v) is 7.18. The molecule has 2 heterocycles. The van der Waals surface area contributed by atoms with Gasteiger partial charge in [-0.25, -0.2) is 9.78 Å². The summed E-state index contributed by atoms with van der Waals surface area (Å²) in [6.07, 6.45) is 0.645. The number of nitrogens with zero attached hydrogens (tertiary/aromatic N) is 2. The van der Waals surface area contributed by atoms with Gasteiger partial charge >= 0.3 is 5.69 Å². The van der Waals surface area contributed by atoms with Crippen molar-refractivity contribution in [2.75, 3.05) is 5.32 Å². The van der Waals surface area contributed by atoms with Crippen LogP contribution in [0.2, 0.25) is 0 Å². The fourth-order valence-corrected chi connectivity index (χ4v) is 3.51. The molecule has 1 amide bonds. The number of aromatic nitrogens is 4. The van der Waals surface area contributed by atoms with Crippen molar-refractivity contribution in [2.45, 2.75) is 19.3 Å². The van der Waals surface area contributed by atoms with Crippen LogP contribution in [0.4, 0.5) is 5.69 Å². The van der Waals surface area contributed by atoms with Crippen molar-refractivity contribution in [1.82, 2.24) is 19.5 Å². The molecule has 30 heavy (non-hydrogen) atoms. The summed E-state index contributed by atoms with van der Waals surface area (Å²) in [7, 11) is 1.57. The molecular formula is C22H21N5O3. The molecule has 0 saturated carbocycles. The molecule has 3 N–H and O–H groups in total. The van der Waals surface area contributed by atoms with Gasteiger partial charge in [-0.3, -0.25) is 19.1 Å². The molecule has 0 bridgehead atoms. The third-order valence-electron chi connectivity index (χ3n) is 5.02. The number of aryl methyl sites for hydroxylation is 1. The van der Waals surface area contributed by atoms with E-state index in [1.54, 1.807) is 7.05 Å². The highest BCUT2D eigenvalue weighted by Crippen LogP contribution is 2.28. The monoisotopic (exact) mass is 403 g/mol. The number of fused-ring (bicyclic) bond motifs is 1. The van der Waals surface area contributed by atoms with E-state index in [-0.39, 0.29) is 17.3 Å². The zero-order valence-corrected chi connectivity index (χ0v) is 16.6. The van der Waals surface area contributed by atoms with Gasteiger partial charge in [0.25, 0.3) is 5.56 Å². The standard InChI is InChI=1S/C22H21N5O3/c1-13(28)23-16-10-8-15(9-11-16)17(12-14-6-4-3-5-7-14)19-24-18-20(25-19)27(2)22(30)26-21(18)29/h3-11,17H,12H2,1-2H3,(H,23,28)(H,24,25)(H,26,29,30). The Labute approximate surface area is 171 Å². The maximum Gasteiger partial charge on any atom is 0.329 e. The quantitative estimate of drug-likeness (QED) is 0.474. The number of aromatic amines is 2. The number of anilines is 1. The Bertz CT molecular complexity index is 1320. The fourth-order valence-electron chi connectivity index (χ4n) is 3.51. The molecule has 0 aliphatic rings. The van der Waals surface area contributed by atoms with E-state index < -0.39 is 11.2 Å². The van der Waals surface area contributed by atoms with Crippen molar-refractivity contribution in [2.24, 2.45) is 7.05 Å². The number of hydrogen-bond acceptors (Lipinski definition) is 4. The van der Waals surface area contributed by atoms with Gasteiger partial charge in [0.1, 0.15) is 11.3 Å². The van der Waals surface area contributed by atoms with Crippen molar-refractivity contribution in [1.29, 1.82) is 0 Å². The van der Waals surface area contributed by atoms with Gasteiger partial charge in [0.2, 0.25) is 5.91 Å². The average molecular weight is 403 g/mol. The first-order valence-electron chi connectivity index (χ1n) is 9.53. The van der Waals surface area contributed by atoms with E-state index in [0.717, 1.165) is 11.1 Å². The van der Waals surface area contributed by atoms with Crippen LogP contribution in [0, 0.1) is 0 Å². The molecule has 0 saturated heterocycles. The van der Waals surface area contributed by atoms with Gasteiger partial charge in [-0.15, -0.1) is 0 Å². The second-order valence-electron chi connectivity index (χ2n) is 7.18. The molecule has 8 nitrogen and oxygen atoms in total. The fraction of sp³-hybridized carbons (Fsp3) is 0.182. The lowest BCUT2D eigenvalue weighted by molar-refractivity contribution is -0.114. The van der Waals surface area contributed by atoms with Crippen molar-refractivity contribution in [3.63, 3.8) is 0 Å². The smallest absolute Gasteiger partial charge is 0.329 e. The zero-order valence-electron chi connectivity index (χ0n) is 16.6. The van der Waals surface area contributed by atoms with E-state index in [1.807, 2.05) is 54.6 Å². The maximum atomic E-state index is 12.2. The van der Waals surface area contributed by atoms with E-state index in [1.165, 1.54) is 11.5 Å². The lowest BCUT2D eigenvalue weighted by Gasteiger charge is -2.16. The average Bonchev–Trinajstić information content (AvgIpc) is 3.17. The first-order valence-corrected chi connectivity index (χ1v) is 9.53. The van der Waals surface area contributed by atoms with Crippen LogP contribution in [0.15, 0.2) is 64.2 Å². The topological polar surface area (TPSA) is 113 Å². The summed E-state index contributed by atoms with van der Waals surface area (Å²) in [6.45, 7) is 1.46. The highest BCUT2D eigenvalue weighted by molar-refractivity contribution is 5.88. The van der Waals surface area contributed by atoms with Gasteiger partial charge < -0.3 is 10.3 Å². The zero-order chi connectivity index (χ0) is 21.3. The highest BCUT2D eigenvalue weighted by atomic mass is 16.2. The van der Waals surface area contributed by atoms with E-state index >= 15 is 0 Å². The van der Waals surface area contributed by atoms with Crippen molar-refractivity contribution >= 4 is 22.8 Å². The maximum absolute atomic E-state index is 12.2. The van der Waals surface area contributed by atoms with Gasteiger partial charge in [0.15, 0.2) is 5.65 Å². The lowest BCUT2D eigenvalue weighted by Crippen LogP contribution is -2.28. The van der Waals surface area contributed by atoms with Crippen LogP contribution in [0.1, 0.15) is 29.8 Å². The largest absolute Gasteiger partial charge is 0.336 e. The highest BCUT2D eigenvalue weighted by Gasteiger charge is 2.21. The number of carbonyl (C=O) groups excluding carboxylic acids is 1. The van der Waals surface area contributed by atoms with Crippen LogP contribution in [0.25, 0.3) is 11.2 Å². The third-order valence-corrected chi connectivity index (χ3v) is 5.02. The molecule has 8 heteroatoms. The van der Waals surface area contributed by atoms with Gasteiger partial charge in [0.05, 0.1) is 0 Å². The Morgan fingerprint density at radius 1 is 1.07 bits per heavy atom. The molecule has 2 aromatic heterocycles. The Balaban J connectivity index is 1.81. The Kier molecular flexibility index (Phi) is 5.05. The van der Waals surface area contributed by atoms with Crippen molar-refractivity contribution < 1.29 is 4.79 Å². The molecule has 0 radical (unpaired) electrons. The number of hydrogen-bond donors (Lipinski definition) is 3. The molecule has 0 aliphatic carbocycles. The van der Waals surface area contributed by atoms with Crippen molar-refractivity contribution in [3.8, 4) is 0 Å². The summed E-state index contributed by atoms with van der Waals surface area (Å²) in [5.74, 6) is 0.273. The Morgan fingerprint density at radius 3 is 2.43 bits per heavy atom. The summed E-state index contributed by atoms with van der Waals surface area (Å²) in [5.41, 5.74) is 2.35. The third kappa shape index (κ3) is 3.80. The van der Waals surface area contributed by atoms with Crippen LogP contribution < -0.4 is 16.6 Å². The molecule has 4 aromatic rings. The predicted octanol–water partition coefficient (Wildman–Crippen LogP) is 2.28. The van der Waals surface area contributed by atoms with Crippen LogP contribution in [0.3, 0.4) is 0 Å². The van der Waals surface area contributed by atoms with Gasteiger partial charge in [0, 0.05) is 25.6 Å². The van der Waals surface area contributed by atoms with E-state index in [4.69, 9.17) is 0 Å². The van der Waals surface area contributed by atoms with Crippen LogP contribution in [0.5, 0.6) is 0 Å². The molecule has 4 rings (SSSR count). The molecule has 0 spiro atoms. The van der Waals surface area contributed by atoms with E-state index in [9.17, 15) is 14.4 Å². The number of nitrogens with one attached hydrogen (secondary N) is 3. The summed E-state index contributed by atoms with van der Waals surface area (Å²) >= 11 is 0. The molecule has 1 unspecified atom stereocenters. The van der Waals surface area contributed by atoms with E-state index in [2.05, 4.69) is 20.3 Å². The Morgan fingerprint density at radius 2 is 1.77 bits per heavy atom. The molecule has 2 aromatic carbocycles. The minimum absolute atomic E-state index is 0.138. The van der Waals surface area contributed by atoms with Crippen LogP contribution >= 0.6 is 0 Å². The molecule has 0 aliphatic heterocycles. The molecule has 1 atom stereocenters. The SMILES string of the molecule is CC(=O)Nc1ccc(C(Cc2ccccc2)c2nc3c([nH]2)c(=O)[nH]c(=O)n3C)cc1. The summed E-state index contributed by atoms with van der Waals surface area (Å²) in [5, 5.41) is 2.76. The summed E-state index contributed by atoms with van der Waals surface area (Å²) in [6, 6.07) is 17.5. The first kappa shape index (κ1) is 19.4. The van der Waals surface area contributed by atoms with Gasteiger partial charge in [-0.1, -0.05) is 42.5 Å². The molecule has 152 valence electrons. The summed E-state index contributed by atoms with van der Waals surface area (Å²) in [4.78, 5) is 45.5. The normalized spacial score (nSPS) is 12.1. The van der Waals surface area contributed by atoms with Crippen molar-refractivity contribution in [3.05, 3.63) is 92.4 Å². The second kappa shape index (κ2) is 7.82. The number of imidazole rings is 1. The van der Waals surface area contributed by atoms with E-state index in [0.29, 0.717) is 23.6 Å². The number of benzene rings is 2. The lowest BCUT2D eigenvalue weighted by atomic mass is 9.91. The molecule has 0 fully saturated rings. The number of amides is 1. The number of H-pyrrole nitrogens is 2. The number of rotatable bonds is 5. The molecular weight excluding hydrogens is 382 g/mol. The first-order chi connectivity index (χ1) is 14.4.